The molecule has 94 valence electrons. The summed E-state index contributed by atoms with van der Waals surface area (Å²) in [5.74, 6) is 0. The van der Waals surface area contributed by atoms with Gasteiger partial charge >= 0.3 is 0 Å². The normalized spacial score (nSPS) is 12.4. The van der Waals surface area contributed by atoms with Crippen LogP contribution in [0, 0.1) is 6.92 Å². The highest BCUT2D eigenvalue weighted by atomic mass is 14.9. The fourth-order valence-corrected chi connectivity index (χ4v) is 1.89. The van der Waals surface area contributed by atoms with Crippen molar-refractivity contribution in [1.29, 1.82) is 0 Å². The predicted molar refractivity (Wildman–Crippen MR) is 74.1 cm³/mol. The summed E-state index contributed by atoms with van der Waals surface area (Å²) < 4.78 is 0. The van der Waals surface area contributed by atoms with Crippen molar-refractivity contribution in [2.24, 2.45) is 0 Å². The molecule has 0 saturated heterocycles. The van der Waals surface area contributed by atoms with E-state index in [4.69, 9.17) is 0 Å². The van der Waals surface area contributed by atoms with Crippen LogP contribution in [0.5, 0.6) is 0 Å². The lowest BCUT2D eigenvalue weighted by Crippen LogP contribution is -2.23. The Hall–Kier alpha value is -1.15. The molecule has 2 nitrogen and oxygen atoms in total. The zero-order valence-electron chi connectivity index (χ0n) is 11.1. The number of hydrogen-bond donors (Lipinski definition) is 1. The molecule has 0 aliphatic rings. The van der Waals surface area contributed by atoms with Crippen LogP contribution in [0.25, 0.3) is 0 Å². The van der Waals surface area contributed by atoms with E-state index in [1.807, 2.05) is 18.3 Å². The molecule has 0 amide bonds. The van der Waals surface area contributed by atoms with Crippen molar-refractivity contribution in [3.8, 4) is 0 Å². The van der Waals surface area contributed by atoms with Crippen molar-refractivity contribution >= 4 is 0 Å². The van der Waals surface area contributed by atoms with E-state index in [9.17, 15) is 0 Å². The third kappa shape index (κ3) is 5.14. The number of unbranched alkanes of at least 4 members (excludes halogenated alkanes) is 1. The van der Waals surface area contributed by atoms with Crippen molar-refractivity contribution in [3.05, 3.63) is 42.2 Å². The van der Waals surface area contributed by atoms with Gasteiger partial charge in [0.25, 0.3) is 0 Å². The van der Waals surface area contributed by atoms with Crippen molar-refractivity contribution < 1.29 is 0 Å². The Balaban J connectivity index is 2.63. The summed E-state index contributed by atoms with van der Waals surface area (Å²) in [5.41, 5.74) is 2.45. The van der Waals surface area contributed by atoms with E-state index in [2.05, 4.69) is 36.8 Å². The van der Waals surface area contributed by atoms with E-state index in [1.54, 1.807) is 0 Å². The van der Waals surface area contributed by atoms with Crippen LogP contribution >= 0.6 is 0 Å². The van der Waals surface area contributed by atoms with Crippen LogP contribution in [0.1, 0.15) is 49.9 Å². The predicted octanol–water partition coefficient (Wildman–Crippen LogP) is 3.79. The Morgan fingerprint density at radius 3 is 3.00 bits per heavy atom. The Bertz CT molecular complexity index is 333. The van der Waals surface area contributed by atoms with Gasteiger partial charge in [-0.1, -0.05) is 13.0 Å². The lowest BCUT2D eigenvalue weighted by Gasteiger charge is -2.18. The molecule has 0 saturated carbocycles. The number of rotatable bonds is 8. The fourth-order valence-electron chi connectivity index (χ4n) is 1.89. The summed E-state index contributed by atoms with van der Waals surface area (Å²) in [7, 11) is 0. The number of aromatic nitrogens is 1. The Morgan fingerprint density at radius 2 is 2.35 bits per heavy atom. The topological polar surface area (TPSA) is 24.9 Å². The lowest BCUT2D eigenvalue weighted by atomic mass is 10.0. The number of allylic oxidation sites excluding steroid dienone is 1. The third-order valence-corrected chi connectivity index (χ3v) is 2.84. The van der Waals surface area contributed by atoms with E-state index in [0.29, 0.717) is 6.04 Å². The van der Waals surface area contributed by atoms with Gasteiger partial charge in [0.1, 0.15) is 0 Å². The van der Waals surface area contributed by atoms with Gasteiger partial charge in [0.05, 0.1) is 5.69 Å². The van der Waals surface area contributed by atoms with Gasteiger partial charge in [0, 0.05) is 12.2 Å². The molecule has 0 radical (unpaired) electrons. The van der Waals surface area contributed by atoms with Crippen molar-refractivity contribution in [3.63, 3.8) is 0 Å². The maximum absolute atomic E-state index is 4.48. The molecule has 0 bridgehead atoms. The zero-order valence-corrected chi connectivity index (χ0v) is 11.1. The molecule has 1 atom stereocenters. The van der Waals surface area contributed by atoms with E-state index in [0.717, 1.165) is 25.8 Å². The number of hydrogen-bond acceptors (Lipinski definition) is 2. The molecule has 1 aromatic rings. The molecule has 17 heavy (non-hydrogen) atoms. The molecule has 1 heterocycles. The Morgan fingerprint density at radius 1 is 1.53 bits per heavy atom. The molecule has 1 rings (SSSR count). The molecular formula is C15H24N2. The minimum absolute atomic E-state index is 0.384. The third-order valence-electron chi connectivity index (χ3n) is 2.84. The van der Waals surface area contributed by atoms with Gasteiger partial charge in [-0.15, -0.1) is 6.58 Å². The van der Waals surface area contributed by atoms with Gasteiger partial charge in [-0.05, 0) is 56.8 Å². The van der Waals surface area contributed by atoms with Crippen LogP contribution in [-0.2, 0) is 0 Å². The molecule has 0 fully saturated rings. The lowest BCUT2D eigenvalue weighted by molar-refractivity contribution is 0.476. The maximum Gasteiger partial charge on any atom is 0.0575 e. The first-order valence-electron chi connectivity index (χ1n) is 6.54. The second-order valence-electron chi connectivity index (χ2n) is 4.48. The molecular weight excluding hydrogens is 208 g/mol. The van der Waals surface area contributed by atoms with Crippen LogP contribution in [0.4, 0.5) is 0 Å². The van der Waals surface area contributed by atoms with Crippen molar-refractivity contribution in [1.82, 2.24) is 10.3 Å². The summed E-state index contributed by atoms with van der Waals surface area (Å²) in [6.07, 6.45) is 8.42. The molecule has 2 heteroatoms. The minimum Gasteiger partial charge on any atom is -0.309 e. The first kappa shape index (κ1) is 13.9. The highest BCUT2D eigenvalue weighted by Crippen LogP contribution is 2.18. The quantitative estimate of drug-likeness (QED) is 0.545. The van der Waals surface area contributed by atoms with E-state index in [-0.39, 0.29) is 0 Å². The van der Waals surface area contributed by atoms with Crippen LogP contribution in [0.3, 0.4) is 0 Å². The van der Waals surface area contributed by atoms with Gasteiger partial charge in [-0.3, -0.25) is 4.98 Å². The Labute approximate surface area is 105 Å². The Kier molecular flexibility index (Phi) is 6.56. The standard InChI is InChI=1S/C15H24N2/c1-4-6-7-8-14(16-10-5-2)15-12-13(3)9-11-17-15/h4,9,11-12,14,16H,1,5-8,10H2,2-3H3. The smallest absolute Gasteiger partial charge is 0.0575 e. The average Bonchev–Trinajstić information content (AvgIpc) is 2.33. The van der Waals surface area contributed by atoms with Crippen molar-refractivity contribution in [2.75, 3.05) is 6.54 Å². The first-order chi connectivity index (χ1) is 8.27. The van der Waals surface area contributed by atoms with Gasteiger partial charge in [0.2, 0.25) is 0 Å². The molecule has 1 aromatic heterocycles. The van der Waals surface area contributed by atoms with E-state index < -0.39 is 0 Å². The zero-order chi connectivity index (χ0) is 12.5. The SMILES string of the molecule is C=CCCCC(NCCC)c1cc(C)ccn1. The summed E-state index contributed by atoms with van der Waals surface area (Å²) in [5, 5.41) is 3.58. The summed E-state index contributed by atoms with van der Waals surface area (Å²) in [6, 6.07) is 4.61. The van der Waals surface area contributed by atoms with E-state index in [1.165, 1.54) is 17.7 Å². The van der Waals surface area contributed by atoms with Gasteiger partial charge < -0.3 is 5.32 Å². The highest BCUT2D eigenvalue weighted by molar-refractivity contribution is 5.17. The second kappa shape index (κ2) is 8.02. The number of nitrogens with zero attached hydrogens (tertiary/aromatic N) is 1. The summed E-state index contributed by atoms with van der Waals surface area (Å²) in [6.45, 7) is 9.13. The molecule has 0 aliphatic heterocycles. The molecule has 0 aromatic carbocycles. The number of pyridine rings is 1. The maximum atomic E-state index is 4.48. The fraction of sp³-hybridized carbons (Fsp3) is 0.533. The van der Waals surface area contributed by atoms with Crippen LogP contribution in [0.2, 0.25) is 0 Å². The average molecular weight is 232 g/mol. The second-order valence-corrected chi connectivity index (χ2v) is 4.48. The van der Waals surface area contributed by atoms with Crippen LogP contribution in [-0.4, -0.2) is 11.5 Å². The van der Waals surface area contributed by atoms with E-state index >= 15 is 0 Å². The van der Waals surface area contributed by atoms with Crippen LogP contribution in [0.15, 0.2) is 31.0 Å². The first-order valence-corrected chi connectivity index (χ1v) is 6.54. The minimum atomic E-state index is 0.384. The summed E-state index contributed by atoms with van der Waals surface area (Å²) in [4.78, 5) is 4.48. The number of aryl methyl sites for hydroxylation is 1. The monoisotopic (exact) mass is 232 g/mol. The van der Waals surface area contributed by atoms with Crippen molar-refractivity contribution in [2.45, 2.75) is 45.6 Å². The van der Waals surface area contributed by atoms with Gasteiger partial charge in [-0.2, -0.15) is 0 Å². The molecule has 1 unspecified atom stereocenters. The van der Waals surface area contributed by atoms with Crippen LogP contribution < -0.4 is 5.32 Å². The largest absolute Gasteiger partial charge is 0.309 e. The molecule has 1 N–H and O–H groups in total. The summed E-state index contributed by atoms with van der Waals surface area (Å²) >= 11 is 0. The number of nitrogens with one attached hydrogen (secondary N) is 1. The highest BCUT2D eigenvalue weighted by Gasteiger charge is 2.11. The molecule has 0 spiro atoms. The molecule has 0 aliphatic carbocycles. The van der Waals surface area contributed by atoms with Gasteiger partial charge in [-0.25, -0.2) is 0 Å². The van der Waals surface area contributed by atoms with Gasteiger partial charge in [0.15, 0.2) is 0 Å².